The molecule has 0 aromatic heterocycles. The van der Waals surface area contributed by atoms with E-state index in [1.165, 1.54) is 0 Å². The highest BCUT2D eigenvalue weighted by Gasteiger charge is 2.12. The van der Waals surface area contributed by atoms with Gasteiger partial charge in [0.2, 0.25) is 5.91 Å². The van der Waals surface area contributed by atoms with Crippen molar-refractivity contribution in [1.29, 1.82) is 0 Å². The van der Waals surface area contributed by atoms with Crippen LogP contribution in [0, 0.1) is 6.92 Å². The lowest BCUT2D eigenvalue weighted by Crippen LogP contribution is -2.27. The third-order valence-electron chi connectivity index (χ3n) is 2.89. The van der Waals surface area contributed by atoms with Gasteiger partial charge in [0.05, 0.1) is 19.1 Å². The van der Waals surface area contributed by atoms with Crippen LogP contribution in [0.25, 0.3) is 0 Å². The first-order valence-electron chi connectivity index (χ1n) is 6.55. The van der Waals surface area contributed by atoms with E-state index in [1.54, 1.807) is 6.92 Å². The van der Waals surface area contributed by atoms with Gasteiger partial charge in [0.1, 0.15) is 0 Å². The quantitative estimate of drug-likeness (QED) is 0.802. The Morgan fingerprint density at radius 3 is 2.58 bits per heavy atom. The summed E-state index contributed by atoms with van der Waals surface area (Å²) in [6.45, 7) is 6.04. The minimum Gasteiger partial charge on any atom is -0.466 e. The molecule has 0 aliphatic rings. The third-order valence-corrected chi connectivity index (χ3v) is 2.89. The number of esters is 1. The van der Waals surface area contributed by atoms with Crippen LogP contribution in [0.15, 0.2) is 24.3 Å². The van der Waals surface area contributed by atoms with Crippen LogP contribution in [0.2, 0.25) is 0 Å². The van der Waals surface area contributed by atoms with Crippen LogP contribution in [-0.4, -0.2) is 18.5 Å². The molecular weight excluding hydrogens is 242 g/mol. The smallest absolute Gasteiger partial charge is 0.306 e. The molecule has 0 fully saturated rings. The summed E-state index contributed by atoms with van der Waals surface area (Å²) in [5.41, 5.74) is 2.23. The van der Waals surface area contributed by atoms with Crippen LogP contribution in [-0.2, 0) is 14.3 Å². The zero-order valence-corrected chi connectivity index (χ0v) is 11.7. The number of benzene rings is 1. The molecule has 0 spiro atoms. The fraction of sp³-hybridized carbons (Fsp3) is 0.467. The second-order valence-electron chi connectivity index (χ2n) is 4.45. The van der Waals surface area contributed by atoms with Crippen molar-refractivity contribution in [2.45, 2.75) is 39.7 Å². The van der Waals surface area contributed by atoms with Gasteiger partial charge in [0, 0.05) is 6.42 Å². The molecule has 0 bridgehead atoms. The zero-order chi connectivity index (χ0) is 14.3. The van der Waals surface area contributed by atoms with Crippen LogP contribution in [0.4, 0.5) is 0 Å². The molecule has 1 amide bonds. The summed E-state index contributed by atoms with van der Waals surface area (Å²) in [7, 11) is 0. The highest BCUT2D eigenvalue weighted by molar-refractivity contribution is 5.81. The maximum atomic E-state index is 11.7. The number of nitrogens with one attached hydrogen (secondary N) is 1. The summed E-state index contributed by atoms with van der Waals surface area (Å²) >= 11 is 0. The normalized spacial score (nSPS) is 11.7. The number of hydrogen-bond acceptors (Lipinski definition) is 3. The van der Waals surface area contributed by atoms with Crippen molar-refractivity contribution < 1.29 is 14.3 Å². The molecule has 0 aliphatic carbocycles. The van der Waals surface area contributed by atoms with Crippen molar-refractivity contribution in [2.75, 3.05) is 6.61 Å². The van der Waals surface area contributed by atoms with E-state index in [-0.39, 0.29) is 30.8 Å². The highest BCUT2D eigenvalue weighted by atomic mass is 16.5. The number of hydrogen-bond donors (Lipinski definition) is 1. The second-order valence-corrected chi connectivity index (χ2v) is 4.45. The molecule has 0 aliphatic heterocycles. The Morgan fingerprint density at radius 1 is 1.26 bits per heavy atom. The largest absolute Gasteiger partial charge is 0.466 e. The lowest BCUT2D eigenvalue weighted by Gasteiger charge is -2.16. The molecule has 1 N–H and O–H groups in total. The van der Waals surface area contributed by atoms with E-state index >= 15 is 0 Å². The highest BCUT2D eigenvalue weighted by Crippen LogP contribution is 2.16. The van der Waals surface area contributed by atoms with E-state index in [1.807, 2.05) is 38.1 Å². The molecule has 1 aromatic carbocycles. The molecule has 0 radical (unpaired) electrons. The SMILES string of the molecule is CCOC(=O)CCC(=O)N[C@@H](C)c1ccccc1C. The third kappa shape index (κ3) is 5.12. The van der Waals surface area contributed by atoms with Crippen molar-refractivity contribution in [3.63, 3.8) is 0 Å². The molecule has 1 aromatic rings. The molecule has 4 nitrogen and oxygen atoms in total. The molecule has 19 heavy (non-hydrogen) atoms. The summed E-state index contributed by atoms with van der Waals surface area (Å²) < 4.78 is 4.78. The fourth-order valence-corrected chi connectivity index (χ4v) is 1.91. The van der Waals surface area contributed by atoms with Gasteiger partial charge in [-0.15, -0.1) is 0 Å². The maximum absolute atomic E-state index is 11.7. The predicted octanol–water partition coefficient (Wildman–Crippen LogP) is 2.52. The van der Waals surface area contributed by atoms with E-state index in [0.29, 0.717) is 6.61 Å². The van der Waals surface area contributed by atoms with Crippen LogP contribution >= 0.6 is 0 Å². The topological polar surface area (TPSA) is 55.4 Å². The van der Waals surface area contributed by atoms with Gasteiger partial charge < -0.3 is 10.1 Å². The van der Waals surface area contributed by atoms with Crippen LogP contribution in [0.1, 0.15) is 43.9 Å². The van der Waals surface area contributed by atoms with Gasteiger partial charge in [-0.05, 0) is 31.9 Å². The Morgan fingerprint density at radius 2 is 1.95 bits per heavy atom. The second kappa shape index (κ2) is 7.56. The number of aryl methyl sites for hydroxylation is 1. The first-order valence-corrected chi connectivity index (χ1v) is 6.55. The Labute approximate surface area is 114 Å². The summed E-state index contributed by atoms with van der Waals surface area (Å²) in [4.78, 5) is 22.9. The van der Waals surface area contributed by atoms with Crippen molar-refractivity contribution in [3.8, 4) is 0 Å². The number of ether oxygens (including phenoxy) is 1. The van der Waals surface area contributed by atoms with E-state index in [0.717, 1.165) is 11.1 Å². The number of carbonyl (C=O) groups is 2. The summed E-state index contributed by atoms with van der Waals surface area (Å²) in [6.07, 6.45) is 0.287. The van der Waals surface area contributed by atoms with Gasteiger partial charge in [-0.3, -0.25) is 9.59 Å². The van der Waals surface area contributed by atoms with E-state index < -0.39 is 0 Å². The van der Waals surface area contributed by atoms with E-state index in [2.05, 4.69) is 5.32 Å². The Balaban J connectivity index is 2.44. The van der Waals surface area contributed by atoms with E-state index in [9.17, 15) is 9.59 Å². The molecule has 4 heteroatoms. The van der Waals surface area contributed by atoms with Gasteiger partial charge >= 0.3 is 5.97 Å². The maximum Gasteiger partial charge on any atom is 0.306 e. The minimum absolute atomic E-state index is 0.0594. The van der Waals surface area contributed by atoms with Gasteiger partial charge in [-0.1, -0.05) is 24.3 Å². The first-order chi connectivity index (χ1) is 9.04. The molecule has 1 atom stereocenters. The Kier molecular flexibility index (Phi) is 6.06. The Bertz CT molecular complexity index is 443. The Hall–Kier alpha value is -1.84. The van der Waals surface area contributed by atoms with Gasteiger partial charge in [-0.25, -0.2) is 0 Å². The molecule has 0 unspecified atom stereocenters. The number of amides is 1. The lowest BCUT2D eigenvalue weighted by molar-refractivity contribution is -0.144. The summed E-state index contributed by atoms with van der Waals surface area (Å²) in [5.74, 6) is -0.468. The zero-order valence-electron chi connectivity index (χ0n) is 11.7. The number of rotatable bonds is 6. The average molecular weight is 263 g/mol. The average Bonchev–Trinajstić information content (AvgIpc) is 2.37. The van der Waals surface area contributed by atoms with Crippen LogP contribution < -0.4 is 5.32 Å². The van der Waals surface area contributed by atoms with Crippen molar-refractivity contribution in [1.82, 2.24) is 5.32 Å². The molecule has 0 saturated heterocycles. The lowest BCUT2D eigenvalue weighted by atomic mass is 10.0. The standard InChI is InChI=1S/C15H21NO3/c1-4-19-15(18)10-9-14(17)16-12(3)13-8-6-5-7-11(13)2/h5-8,12H,4,9-10H2,1-3H3,(H,16,17)/t12-/m0/s1. The van der Waals surface area contributed by atoms with Crippen LogP contribution in [0.5, 0.6) is 0 Å². The van der Waals surface area contributed by atoms with Crippen molar-refractivity contribution in [3.05, 3.63) is 35.4 Å². The minimum atomic E-state index is -0.332. The van der Waals surface area contributed by atoms with Crippen molar-refractivity contribution >= 4 is 11.9 Å². The molecular formula is C15H21NO3. The predicted molar refractivity (Wildman–Crippen MR) is 73.6 cm³/mol. The van der Waals surface area contributed by atoms with Gasteiger partial charge in [0.25, 0.3) is 0 Å². The molecule has 1 rings (SSSR count). The first kappa shape index (κ1) is 15.2. The van der Waals surface area contributed by atoms with E-state index in [4.69, 9.17) is 4.74 Å². The summed E-state index contributed by atoms with van der Waals surface area (Å²) in [6, 6.07) is 7.86. The molecule has 0 saturated carbocycles. The number of carbonyl (C=O) groups excluding carboxylic acids is 2. The summed E-state index contributed by atoms with van der Waals surface area (Å²) in [5, 5.41) is 2.89. The monoisotopic (exact) mass is 263 g/mol. The van der Waals surface area contributed by atoms with Crippen LogP contribution in [0.3, 0.4) is 0 Å². The van der Waals surface area contributed by atoms with Gasteiger partial charge in [-0.2, -0.15) is 0 Å². The molecule has 0 heterocycles. The molecule has 104 valence electrons. The van der Waals surface area contributed by atoms with Crippen molar-refractivity contribution in [2.24, 2.45) is 0 Å². The fourth-order valence-electron chi connectivity index (χ4n) is 1.91. The van der Waals surface area contributed by atoms with Gasteiger partial charge in [0.15, 0.2) is 0 Å².